The Morgan fingerprint density at radius 2 is 1.33 bits per heavy atom. The number of ether oxygens (including phenoxy) is 4. The summed E-state index contributed by atoms with van der Waals surface area (Å²) in [6.07, 6.45) is 22.6. The van der Waals surface area contributed by atoms with Gasteiger partial charge in [-0.1, -0.05) is 59.8 Å². The van der Waals surface area contributed by atoms with Crippen molar-refractivity contribution >= 4 is 0 Å². The Balaban J connectivity index is 1.46. The fraction of sp³-hybridized carbons (Fsp3) is 1.00. The van der Waals surface area contributed by atoms with E-state index in [0.717, 1.165) is 71.6 Å². The maximum Gasteiger partial charge on any atom is 0.0637 e. The number of hydrogen-bond donors (Lipinski definition) is 3. The molecule has 4 saturated carbocycles. The minimum atomic E-state index is 0.162. The zero-order valence-electron chi connectivity index (χ0n) is 31.9. The van der Waals surface area contributed by atoms with E-state index in [1.165, 1.54) is 77.0 Å². The molecule has 0 aromatic carbocycles. The van der Waals surface area contributed by atoms with Crippen molar-refractivity contribution in [3.63, 3.8) is 0 Å². The van der Waals surface area contributed by atoms with Crippen LogP contribution in [0.2, 0.25) is 0 Å². The highest BCUT2D eigenvalue weighted by Crippen LogP contribution is 2.69. The second-order valence-corrected chi connectivity index (χ2v) is 17.0. The molecule has 0 aromatic rings. The topological polar surface area (TPSA) is 115 Å². The Kier molecular flexibility index (Phi) is 17.4. The summed E-state index contributed by atoms with van der Waals surface area (Å²) in [6.45, 7) is 16.4. The second-order valence-electron chi connectivity index (χ2n) is 17.0. The third-order valence-corrected chi connectivity index (χ3v) is 14.1. The van der Waals surface area contributed by atoms with Crippen LogP contribution >= 0.6 is 0 Å². The van der Waals surface area contributed by atoms with E-state index in [1.807, 2.05) is 0 Å². The first-order valence-corrected chi connectivity index (χ1v) is 20.9. The molecule has 7 heteroatoms. The van der Waals surface area contributed by atoms with Crippen LogP contribution in [0.25, 0.3) is 0 Å². The predicted octanol–water partition coefficient (Wildman–Crippen LogP) is 7.86. The average Bonchev–Trinajstić information content (AvgIpc) is 3.44. The van der Waals surface area contributed by atoms with E-state index in [-0.39, 0.29) is 11.5 Å². The molecule has 6 N–H and O–H groups in total. The molecule has 0 amide bonds. The maximum atomic E-state index is 7.02. The Labute approximate surface area is 296 Å². The largest absolute Gasteiger partial charge is 0.381 e. The molecule has 4 aliphatic carbocycles. The van der Waals surface area contributed by atoms with Crippen LogP contribution in [0.15, 0.2) is 0 Å². The van der Waals surface area contributed by atoms with Crippen LogP contribution in [0.1, 0.15) is 143 Å². The Bertz CT molecular complexity index is 879. The van der Waals surface area contributed by atoms with Crippen molar-refractivity contribution in [2.45, 2.75) is 162 Å². The molecule has 48 heavy (non-hydrogen) atoms. The molecule has 5 unspecified atom stereocenters. The highest BCUT2D eigenvalue weighted by atomic mass is 16.5. The molecule has 0 saturated heterocycles. The smallest absolute Gasteiger partial charge is 0.0637 e. The van der Waals surface area contributed by atoms with Crippen LogP contribution in [0.4, 0.5) is 0 Å². The molecule has 4 aliphatic rings. The van der Waals surface area contributed by atoms with E-state index in [2.05, 4.69) is 27.7 Å². The van der Waals surface area contributed by atoms with Gasteiger partial charge in [-0.15, -0.1) is 0 Å². The molecule has 0 radical (unpaired) electrons. The lowest BCUT2D eigenvalue weighted by molar-refractivity contribution is -0.227. The van der Waals surface area contributed by atoms with Gasteiger partial charge in [0, 0.05) is 38.4 Å². The summed E-state index contributed by atoms with van der Waals surface area (Å²) < 4.78 is 26.5. The zero-order chi connectivity index (χ0) is 34.4. The van der Waals surface area contributed by atoms with E-state index < -0.39 is 0 Å². The molecule has 0 heterocycles. The van der Waals surface area contributed by atoms with Crippen LogP contribution in [0, 0.1) is 46.3 Å². The lowest BCUT2D eigenvalue weighted by atomic mass is 9.43. The van der Waals surface area contributed by atoms with Gasteiger partial charge in [-0.05, 0) is 144 Å². The summed E-state index contributed by atoms with van der Waals surface area (Å²) in [5.41, 5.74) is 18.2. The minimum absolute atomic E-state index is 0.162. The molecule has 282 valence electrons. The van der Waals surface area contributed by atoms with E-state index in [9.17, 15) is 0 Å². The summed E-state index contributed by atoms with van der Waals surface area (Å²) in [5.74, 6) is 3.81. The van der Waals surface area contributed by atoms with Crippen molar-refractivity contribution in [3.05, 3.63) is 0 Å². The van der Waals surface area contributed by atoms with Crippen molar-refractivity contribution < 1.29 is 18.9 Å². The van der Waals surface area contributed by atoms with Crippen LogP contribution < -0.4 is 17.2 Å². The number of fused-ring (bicyclic) bond motifs is 5. The first kappa shape index (κ1) is 40.5. The molecule has 0 spiro atoms. The normalized spacial score (nSPS) is 36.8. The van der Waals surface area contributed by atoms with Crippen LogP contribution in [-0.4, -0.2) is 71.0 Å². The van der Waals surface area contributed by atoms with Crippen LogP contribution in [0.3, 0.4) is 0 Å². The third-order valence-electron chi connectivity index (χ3n) is 14.1. The average molecular weight is 678 g/mol. The summed E-state index contributed by atoms with van der Waals surface area (Å²) in [7, 11) is 0. The monoisotopic (exact) mass is 678 g/mol. The van der Waals surface area contributed by atoms with Gasteiger partial charge in [0.15, 0.2) is 0 Å². The van der Waals surface area contributed by atoms with Crippen molar-refractivity contribution in [1.82, 2.24) is 0 Å². The van der Waals surface area contributed by atoms with Gasteiger partial charge >= 0.3 is 0 Å². The summed E-state index contributed by atoms with van der Waals surface area (Å²) >= 11 is 0. The summed E-state index contributed by atoms with van der Waals surface area (Å²) in [5, 5.41) is 0. The second kappa shape index (κ2) is 20.7. The highest BCUT2D eigenvalue weighted by Gasteiger charge is 2.66. The van der Waals surface area contributed by atoms with Gasteiger partial charge in [-0.25, -0.2) is 0 Å². The predicted molar refractivity (Wildman–Crippen MR) is 199 cm³/mol. The molecule has 0 aliphatic heterocycles. The number of hydrogen-bond acceptors (Lipinski definition) is 7. The van der Waals surface area contributed by atoms with E-state index in [4.69, 9.17) is 36.1 Å². The van der Waals surface area contributed by atoms with Crippen molar-refractivity contribution in [2.24, 2.45) is 63.5 Å². The molecule has 4 fully saturated rings. The van der Waals surface area contributed by atoms with E-state index in [1.54, 1.807) is 0 Å². The Morgan fingerprint density at radius 1 is 0.667 bits per heavy atom. The number of nitrogens with two attached hydrogens (primary N) is 3. The number of rotatable bonds is 24. The van der Waals surface area contributed by atoms with Gasteiger partial charge in [0.2, 0.25) is 0 Å². The lowest BCUT2D eigenvalue weighted by Crippen LogP contribution is -2.63. The quantitative estimate of drug-likeness (QED) is 0.0891. The van der Waals surface area contributed by atoms with Gasteiger partial charge in [0.25, 0.3) is 0 Å². The van der Waals surface area contributed by atoms with Gasteiger partial charge in [0.05, 0.1) is 18.3 Å². The molecule has 0 bridgehead atoms. The molecular weight excluding hydrogens is 598 g/mol. The SMILES string of the molecule is CCCCCCCCOCCC[C@@H](C)[C@H]1CCC2C3C(OCCCN)CC4C[C@H](OCCCN)CC[C@]4(C)C3C[C@H](OCCCN)[C@@]21C. The molecule has 4 rings (SSSR count). The molecular formula is C41H79N3O4. The van der Waals surface area contributed by atoms with Gasteiger partial charge in [-0.2, -0.15) is 0 Å². The zero-order valence-corrected chi connectivity index (χ0v) is 31.9. The van der Waals surface area contributed by atoms with Gasteiger partial charge in [-0.3, -0.25) is 0 Å². The fourth-order valence-corrected chi connectivity index (χ4v) is 11.4. The van der Waals surface area contributed by atoms with Crippen LogP contribution in [0.5, 0.6) is 0 Å². The minimum Gasteiger partial charge on any atom is -0.381 e. The number of unbranched alkanes of at least 4 members (excludes halogenated alkanes) is 5. The van der Waals surface area contributed by atoms with E-state index >= 15 is 0 Å². The Morgan fingerprint density at radius 3 is 2.06 bits per heavy atom. The summed E-state index contributed by atoms with van der Waals surface area (Å²) in [4.78, 5) is 0. The molecule has 11 atom stereocenters. The molecule has 0 aromatic heterocycles. The van der Waals surface area contributed by atoms with Gasteiger partial charge in [0.1, 0.15) is 0 Å². The first-order valence-electron chi connectivity index (χ1n) is 20.9. The summed E-state index contributed by atoms with van der Waals surface area (Å²) in [6, 6.07) is 0. The Hall–Kier alpha value is -0.280. The first-order chi connectivity index (χ1) is 23.3. The van der Waals surface area contributed by atoms with Gasteiger partial charge < -0.3 is 36.1 Å². The standard InChI is InChI=1S/C41H79N3O4/c1-5-6-7-8-9-10-23-45-24-11-15-31(2)34-16-17-35-39-36(30-38(41(34,35)4)48-27-14-22-44)40(3)19-18-33(46-25-12-20-42)28-32(40)29-37(39)47-26-13-21-43/h31-39H,5-30,42-44H2,1-4H3/t31-,32?,33-,34-,35?,36?,37?,38+,39?,40+,41-/m1/s1. The van der Waals surface area contributed by atoms with E-state index in [0.29, 0.717) is 72.8 Å². The fourth-order valence-electron chi connectivity index (χ4n) is 11.4. The van der Waals surface area contributed by atoms with Crippen molar-refractivity contribution in [2.75, 3.05) is 52.7 Å². The van der Waals surface area contributed by atoms with Crippen molar-refractivity contribution in [3.8, 4) is 0 Å². The lowest BCUT2D eigenvalue weighted by Gasteiger charge is -2.65. The van der Waals surface area contributed by atoms with Crippen LogP contribution in [-0.2, 0) is 18.9 Å². The van der Waals surface area contributed by atoms with Crippen molar-refractivity contribution in [1.29, 1.82) is 0 Å². The highest BCUT2D eigenvalue weighted by molar-refractivity contribution is 5.15. The maximum absolute atomic E-state index is 7.02. The third kappa shape index (κ3) is 9.98. The molecule has 7 nitrogen and oxygen atoms in total.